The predicted octanol–water partition coefficient (Wildman–Crippen LogP) is 1.09. The molecule has 1 amide bonds. The minimum absolute atomic E-state index is 0.104. The number of hydrogen-bond acceptors (Lipinski definition) is 3. The van der Waals surface area contributed by atoms with Gasteiger partial charge in [0, 0.05) is 6.54 Å². The average molecular weight is 241 g/mol. The summed E-state index contributed by atoms with van der Waals surface area (Å²) in [5, 5.41) is 11.5. The number of amides is 1. The molecule has 1 aromatic rings. The maximum Gasteiger partial charge on any atom is 0.223 e. The van der Waals surface area contributed by atoms with Crippen molar-refractivity contribution in [2.45, 2.75) is 19.4 Å². The zero-order valence-electron chi connectivity index (χ0n) is 9.65. The third kappa shape index (κ3) is 5.31. The van der Waals surface area contributed by atoms with E-state index in [1.807, 2.05) is 0 Å². The summed E-state index contributed by atoms with van der Waals surface area (Å²) < 4.78 is 18.2. The summed E-state index contributed by atoms with van der Waals surface area (Å²) in [6, 6.07) is 6.02. The standard InChI is InChI=1S/C12H16FNO3/c1-9(15)8-14-12(16)6-7-17-11-5-3-2-4-10(11)13/h2-5,9,15H,6-8H2,1H3,(H,14,16)/t9-/m0/s1. The molecule has 0 aliphatic heterocycles. The van der Waals surface area contributed by atoms with Crippen molar-refractivity contribution in [3.63, 3.8) is 0 Å². The molecule has 0 saturated heterocycles. The predicted molar refractivity (Wildman–Crippen MR) is 61.2 cm³/mol. The average Bonchev–Trinajstić information content (AvgIpc) is 2.29. The number of rotatable bonds is 6. The summed E-state index contributed by atoms with van der Waals surface area (Å²) in [5.74, 6) is -0.546. The van der Waals surface area contributed by atoms with Crippen molar-refractivity contribution in [2.24, 2.45) is 0 Å². The van der Waals surface area contributed by atoms with E-state index in [-0.39, 0.29) is 31.2 Å². The van der Waals surface area contributed by atoms with Gasteiger partial charge >= 0.3 is 0 Å². The third-order valence-corrected chi connectivity index (χ3v) is 2.02. The van der Waals surface area contributed by atoms with Gasteiger partial charge in [-0.1, -0.05) is 12.1 Å². The Bertz CT molecular complexity index is 369. The Balaban J connectivity index is 2.24. The minimum atomic E-state index is -0.577. The van der Waals surface area contributed by atoms with Gasteiger partial charge < -0.3 is 15.2 Å². The first-order chi connectivity index (χ1) is 8.09. The number of hydrogen-bond donors (Lipinski definition) is 2. The van der Waals surface area contributed by atoms with Crippen LogP contribution in [-0.2, 0) is 4.79 Å². The van der Waals surface area contributed by atoms with Gasteiger partial charge in [-0.25, -0.2) is 4.39 Å². The number of nitrogens with one attached hydrogen (secondary N) is 1. The molecule has 0 saturated carbocycles. The molecule has 0 bridgehead atoms. The van der Waals surface area contributed by atoms with E-state index in [2.05, 4.69) is 5.32 Å². The van der Waals surface area contributed by atoms with Gasteiger partial charge in [-0.3, -0.25) is 4.79 Å². The number of aliphatic hydroxyl groups is 1. The van der Waals surface area contributed by atoms with E-state index in [0.29, 0.717) is 0 Å². The molecular weight excluding hydrogens is 225 g/mol. The molecule has 0 spiro atoms. The van der Waals surface area contributed by atoms with Crippen molar-refractivity contribution in [2.75, 3.05) is 13.2 Å². The number of carbonyl (C=O) groups excluding carboxylic acids is 1. The van der Waals surface area contributed by atoms with Gasteiger partial charge in [-0.05, 0) is 19.1 Å². The normalized spacial score (nSPS) is 11.9. The molecule has 0 unspecified atom stereocenters. The fourth-order valence-corrected chi connectivity index (χ4v) is 1.17. The van der Waals surface area contributed by atoms with Crippen LogP contribution in [0.1, 0.15) is 13.3 Å². The van der Waals surface area contributed by atoms with E-state index in [1.165, 1.54) is 12.1 Å². The Hall–Kier alpha value is -1.62. The Morgan fingerprint density at radius 1 is 1.53 bits per heavy atom. The molecule has 0 aliphatic rings. The van der Waals surface area contributed by atoms with Crippen LogP contribution in [-0.4, -0.2) is 30.3 Å². The van der Waals surface area contributed by atoms with Gasteiger partial charge in [-0.2, -0.15) is 0 Å². The van der Waals surface area contributed by atoms with Gasteiger partial charge in [0.05, 0.1) is 19.1 Å². The maximum atomic E-state index is 13.1. The van der Waals surface area contributed by atoms with E-state index in [9.17, 15) is 9.18 Å². The zero-order chi connectivity index (χ0) is 12.7. The van der Waals surface area contributed by atoms with Gasteiger partial charge in [-0.15, -0.1) is 0 Å². The SMILES string of the molecule is C[C@H](O)CNC(=O)CCOc1ccccc1F. The largest absolute Gasteiger partial charge is 0.490 e. The highest BCUT2D eigenvalue weighted by Gasteiger charge is 2.05. The van der Waals surface area contributed by atoms with Crippen LogP contribution in [0.3, 0.4) is 0 Å². The molecule has 0 heterocycles. The summed E-state index contributed by atoms with van der Waals surface area (Å²) >= 11 is 0. The van der Waals surface area contributed by atoms with E-state index < -0.39 is 11.9 Å². The van der Waals surface area contributed by atoms with E-state index in [0.717, 1.165) is 0 Å². The van der Waals surface area contributed by atoms with Crippen LogP contribution in [0.2, 0.25) is 0 Å². The molecule has 1 rings (SSSR count). The van der Waals surface area contributed by atoms with Crippen LogP contribution < -0.4 is 10.1 Å². The molecule has 0 aromatic heterocycles. The van der Waals surface area contributed by atoms with Crippen LogP contribution in [0.25, 0.3) is 0 Å². The Morgan fingerprint density at radius 3 is 2.88 bits per heavy atom. The Kier molecular flexibility index (Phi) is 5.42. The van der Waals surface area contributed by atoms with E-state index in [1.54, 1.807) is 19.1 Å². The first kappa shape index (κ1) is 13.4. The summed E-state index contributed by atoms with van der Waals surface area (Å²) in [7, 11) is 0. The zero-order valence-corrected chi connectivity index (χ0v) is 9.65. The molecular formula is C12H16FNO3. The van der Waals surface area contributed by atoms with E-state index in [4.69, 9.17) is 9.84 Å². The summed E-state index contributed by atoms with van der Waals surface area (Å²) in [6.07, 6.45) is -0.451. The molecule has 94 valence electrons. The number of halogens is 1. The smallest absolute Gasteiger partial charge is 0.223 e. The van der Waals surface area contributed by atoms with Crippen molar-refractivity contribution in [1.29, 1.82) is 0 Å². The monoisotopic (exact) mass is 241 g/mol. The number of para-hydroxylation sites is 1. The van der Waals surface area contributed by atoms with Crippen molar-refractivity contribution in [3.8, 4) is 5.75 Å². The lowest BCUT2D eigenvalue weighted by Crippen LogP contribution is -2.31. The van der Waals surface area contributed by atoms with Crippen molar-refractivity contribution >= 4 is 5.91 Å². The van der Waals surface area contributed by atoms with E-state index >= 15 is 0 Å². The lowest BCUT2D eigenvalue weighted by Gasteiger charge is -2.08. The molecule has 0 radical (unpaired) electrons. The maximum absolute atomic E-state index is 13.1. The first-order valence-electron chi connectivity index (χ1n) is 5.41. The van der Waals surface area contributed by atoms with Gasteiger partial charge in [0.1, 0.15) is 0 Å². The van der Waals surface area contributed by atoms with Crippen molar-refractivity contribution in [3.05, 3.63) is 30.1 Å². The highest BCUT2D eigenvalue weighted by atomic mass is 19.1. The van der Waals surface area contributed by atoms with Crippen LogP contribution in [0.4, 0.5) is 4.39 Å². The molecule has 1 atom stereocenters. The molecule has 1 aromatic carbocycles. The second kappa shape index (κ2) is 6.85. The second-order valence-corrected chi connectivity index (χ2v) is 3.68. The summed E-state index contributed by atoms with van der Waals surface area (Å²) in [6.45, 7) is 1.89. The molecule has 0 aliphatic carbocycles. The molecule has 5 heteroatoms. The van der Waals surface area contributed by atoms with Gasteiger partial charge in [0.15, 0.2) is 11.6 Å². The highest BCUT2D eigenvalue weighted by Crippen LogP contribution is 2.15. The Labute approximate surface area is 99.4 Å². The number of ether oxygens (including phenoxy) is 1. The van der Waals surface area contributed by atoms with Crippen LogP contribution >= 0.6 is 0 Å². The third-order valence-electron chi connectivity index (χ3n) is 2.02. The molecule has 0 fully saturated rings. The number of aliphatic hydroxyl groups excluding tert-OH is 1. The molecule has 4 nitrogen and oxygen atoms in total. The van der Waals surface area contributed by atoms with Crippen molar-refractivity contribution < 1.29 is 19.0 Å². The highest BCUT2D eigenvalue weighted by molar-refractivity contribution is 5.75. The summed E-state index contributed by atoms with van der Waals surface area (Å²) in [4.78, 5) is 11.2. The quantitative estimate of drug-likeness (QED) is 0.784. The van der Waals surface area contributed by atoms with Gasteiger partial charge in [0.25, 0.3) is 0 Å². The second-order valence-electron chi connectivity index (χ2n) is 3.68. The first-order valence-corrected chi connectivity index (χ1v) is 5.41. The number of carbonyl (C=O) groups is 1. The topological polar surface area (TPSA) is 58.6 Å². The fourth-order valence-electron chi connectivity index (χ4n) is 1.17. The van der Waals surface area contributed by atoms with Gasteiger partial charge in [0.2, 0.25) is 5.91 Å². The fraction of sp³-hybridized carbons (Fsp3) is 0.417. The van der Waals surface area contributed by atoms with Crippen molar-refractivity contribution in [1.82, 2.24) is 5.32 Å². The van der Waals surface area contributed by atoms with Crippen LogP contribution in [0.5, 0.6) is 5.75 Å². The lowest BCUT2D eigenvalue weighted by atomic mass is 10.3. The summed E-state index contributed by atoms with van der Waals surface area (Å²) in [5.41, 5.74) is 0. The Morgan fingerprint density at radius 2 is 2.24 bits per heavy atom. The van der Waals surface area contributed by atoms with Crippen LogP contribution in [0.15, 0.2) is 24.3 Å². The lowest BCUT2D eigenvalue weighted by molar-refractivity contribution is -0.122. The minimum Gasteiger partial charge on any atom is -0.490 e. The number of benzene rings is 1. The molecule has 2 N–H and O–H groups in total. The molecule has 17 heavy (non-hydrogen) atoms. The van der Waals surface area contributed by atoms with Crippen LogP contribution in [0, 0.1) is 5.82 Å².